The van der Waals surface area contributed by atoms with Gasteiger partial charge in [-0.05, 0) is 35.8 Å². The minimum Gasteiger partial charge on any atom is -0.427 e. The molecule has 350 valence electrons. The smallest absolute Gasteiger partial charge is 0.312 e. The first-order chi connectivity index (χ1) is 30.1. The van der Waals surface area contributed by atoms with Crippen LogP contribution >= 0.6 is 47.0 Å². The van der Waals surface area contributed by atoms with Crippen LogP contribution in [0.3, 0.4) is 0 Å². The van der Waals surface area contributed by atoms with Gasteiger partial charge in [-0.1, -0.05) is 32.4 Å². The molecule has 2 saturated heterocycles. The highest BCUT2D eigenvalue weighted by molar-refractivity contribution is 8.16. The molecule has 16 nitrogen and oxygen atoms in total. The quantitative estimate of drug-likeness (QED) is 0.0214. The van der Waals surface area contributed by atoms with E-state index in [0.717, 1.165) is 24.8 Å². The van der Waals surface area contributed by atoms with Crippen LogP contribution in [-0.2, 0) is 47.7 Å². The third-order valence-corrected chi connectivity index (χ3v) is 14.9. The highest BCUT2D eigenvalue weighted by Gasteiger charge is 2.50. The molecule has 0 radical (unpaired) electrons. The summed E-state index contributed by atoms with van der Waals surface area (Å²) in [5.74, 6) is 1.79. The van der Waals surface area contributed by atoms with Crippen molar-refractivity contribution in [1.82, 2.24) is 21.3 Å². The van der Waals surface area contributed by atoms with Gasteiger partial charge in [0.15, 0.2) is 0 Å². The van der Waals surface area contributed by atoms with Crippen LogP contribution < -0.4 is 31.7 Å². The Bertz CT molecular complexity index is 1500. The lowest BCUT2D eigenvalue weighted by Gasteiger charge is -2.17. The zero-order chi connectivity index (χ0) is 44.8. The summed E-state index contributed by atoms with van der Waals surface area (Å²) >= 11 is 6.63. The normalized spacial score (nSPS) is 17.5. The number of benzene rings is 1. The number of nitrogens with one attached hydrogen (secondary N) is 4. The number of hydrogen-bond acceptors (Lipinski definition) is 16. The van der Waals surface area contributed by atoms with Crippen molar-refractivity contribution in [3.8, 4) is 5.75 Å². The summed E-state index contributed by atoms with van der Waals surface area (Å²) in [7, 11) is 0. The minimum absolute atomic E-state index is 0.0426. The Labute approximate surface area is 383 Å². The van der Waals surface area contributed by atoms with E-state index in [4.69, 9.17) is 29.4 Å². The molecule has 2 fully saturated rings. The SMILES string of the molecule is CC(C)SCCC(=O)Oc1ccc(C(SCCC(=O)NCCOCCOCCN)SCCC(=O)NCCOCCOCCNC(=O)CCCCC2SCC3C(=O)NC(=O)C23)cc1. The number of rotatable bonds is 36. The molecule has 5 amide bonds. The summed E-state index contributed by atoms with van der Waals surface area (Å²) in [6.07, 6.45) is 3.74. The Morgan fingerprint density at radius 2 is 1.24 bits per heavy atom. The maximum Gasteiger partial charge on any atom is 0.312 e. The Morgan fingerprint density at radius 3 is 1.79 bits per heavy atom. The first-order valence-corrected chi connectivity index (χ1v) is 25.7. The zero-order valence-electron chi connectivity index (χ0n) is 36.2. The van der Waals surface area contributed by atoms with E-state index in [1.807, 2.05) is 12.1 Å². The van der Waals surface area contributed by atoms with E-state index in [2.05, 4.69) is 35.1 Å². The molecule has 6 N–H and O–H groups in total. The number of fused-ring (bicyclic) bond motifs is 1. The number of carbonyl (C=O) groups excluding carboxylic acids is 6. The van der Waals surface area contributed by atoms with E-state index in [0.29, 0.717) is 139 Å². The van der Waals surface area contributed by atoms with Gasteiger partial charge in [0.25, 0.3) is 0 Å². The molecule has 0 aliphatic carbocycles. The molecule has 3 rings (SSSR count). The molecule has 0 saturated carbocycles. The molecule has 0 bridgehead atoms. The predicted molar refractivity (Wildman–Crippen MR) is 247 cm³/mol. The van der Waals surface area contributed by atoms with Crippen LogP contribution in [0.15, 0.2) is 24.3 Å². The van der Waals surface area contributed by atoms with Crippen LogP contribution in [0, 0.1) is 11.8 Å². The van der Waals surface area contributed by atoms with Gasteiger partial charge in [-0.3, -0.25) is 34.1 Å². The van der Waals surface area contributed by atoms with Crippen molar-refractivity contribution in [2.24, 2.45) is 17.6 Å². The lowest BCUT2D eigenvalue weighted by Crippen LogP contribution is -2.28. The second kappa shape index (κ2) is 33.0. The van der Waals surface area contributed by atoms with Crippen LogP contribution in [-0.4, -0.2) is 148 Å². The average molecular weight is 946 g/mol. The molecule has 2 aliphatic heterocycles. The molecule has 1 aromatic rings. The molecule has 0 aromatic heterocycles. The van der Waals surface area contributed by atoms with Crippen molar-refractivity contribution in [2.75, 3.05) is 102 Å². The summed E-state index contributed by atoms with van der Waals surface area (Å²) in [6.45, 7) is 9.00. The van der Waals surface area contributed by atoms with Crippen LogP contribution in [0.5, 0.6) is 5.75 Å². The summed E-state index contributed by atoms with van der Waals surface area (Å²) in [6, 6.07) is 7.39. The van der Waals surface area contributed by atoms with Crippen molar-refractivity contribution in [3.05, 3.63) is 29.8 Å². The van der Waals surface area contributed by atoms with Crippen molar-refractivity contribution in [1.29, 1.82) is 0 Å². The van der Waals surface area contributed by atoms with Crippen LogP contribution in [0.4, 0.5) is 0 Å². The predicted octanol–water partition coefficient (Wildman–Crippen LogP) is 3.31. The number of ether oxygens (including phenoxy) is 5. The van der Waals surface area contributed by atoms with E-state index in [1.54, 1.807) is 59.2 Å². The second-order valence-corrected chi connectivity index (χ2v) is 20.4. The maximum atomic E-state index is 12.6. The van der Waals surface area contributed by atoms with E-state index in [-0.39, 0.29) is 57.2 Å². The third kappa shape index (κ3) is 23.4. The number of amides is 5. The fourth-order valence-corrected chi connectivity index (χ4v) is 11.4. The fourth-order valence-electron chi connectivity index (χ4n) is 6.27. The van der Waals surface area contributed by atoms with Crippen LogP contribution in [0.25, 0.3) is 0 Å². The summed E-state index contributed by atoms with van der Waals surface area (Å²) < 4.78 is 27.3. The van der Waals surface area contributed by atoms with Gasteiger partial charge in [-0.15, -0.1) is 23.5 Å². The molecular weight excluding hydrogens is 879 g/mol. The first kappa shape index (κ1) is 53.8. The minimum atomic E-state index is -0.272. The van der Waals surface area contributed by atoms with Crippen molar-refractivity contribution < 1.29 is 52.5 Å². The summed E-state index contributed by atoms with van der Waals surface area (Å²) in [5, 5.41) is 11.6. The van der Waals surface area contributed by atoms with E-state index >= 15 is 0 Å². The summed E-state index contributed by atoms with van der Waals surface area (Å²) in [4.78, 5) is 73.4. The summed E-state index contributed by atoms with van der Waals surface area (Å²) in [5.41, 5.74) is 6.38. The standard InChI is InChI=1S/C42H67N5O11S4/c1-30(2)59-28-13-38(51)58-32-9-7-31(8-10-32)42(60-26-11-36(49)45-16-20-55-23-22-54-18-14-43)61-27-12-37(50)46-17-21-57-25-24-56-19-15-44-35(48)6-4-3-5-34-39-33(29-62-34)40(52)47-41(39)53/h7-10,30,33-34,39,42H,3-6,11-29,43H2,1-2H3,(H,44,48)(H,45,49)(H,46,50)(H,47,52,53). The van der Waals surface area contributed by atoms with E-state index in [9.17, 15) is 28.8 Å². The molecule has 4 atom stereocenters. The largest absolute Gasteiger partial charge is 0.427 e. The van der Waals surface area contributed by atoms with Gasteiger partial charge in [-0.2, -0.15) is 23.5 Å². The molecule has 1 aromatic carbocycles. The van der Waals surface area contributed by atoms with Crippen molar-refractivity contribution >= 4 is 82.6 Å². The highest BCUT2D eigenvalue weighted by Crippen LogP contribution is 2.43. The Morgan fingerprint density at radius 1 is 0.710 bits per heavy atom. The number of carbonyl (C=O) groups is 6. The number of hydrogen-bond donors (Lipinski definition) is 5. The monoisotopic (exact) mass is 945 g/mol. The number of nitrogens with two attached hydrogens (primary N) is 1. The van der Waals surface area contributed by atoms with Crippen LogP contribution in [0.2, 0.25) is 0 Å². The number of unbranched alkanes of at least 4 members (excludes halogenated alkanes) is 1. The second-order valence-electron chi connectivity index (χ2n) is 14.7. The van der Waals surface area contributed by atoms with Crippen molar-refractivity contribution in [2.45, 2.75) is 73.9 Å². The maximum absolute atomic E-state index is 12.6. The topological polar surface area (TPSA) is 223 Å². The zero-order valence-corrected chi connectivity index (χ0v) is 39.4. The molecule has 4 unspecified atom stereocenters. The van der Waals surface area contributed by atoms with E-state index < -0.39 is 0 Å². The van der Waals surface area contributed by atoms with Gasteiger partial charge in [-0.25, -0.2) is 0 Å². The highest BCUT2D eigenvalue weighted by atomic mass is 32.2. The molecule has 2 aliphatic rings. The van der Waals surface area contributed by atoms with Gasteiger partial charge >= 0.3 is 5.97 Å². The third-order valence-electron chi connectivity index (χ3n) is 9.40. The molecule has 0 spiro atoms. The number of thioether (sulfide) groups is 4. The van der Waals surface area contributed by atoms with Gasteiger partial charge in [0, 0.05) is 73.7 Å². The average Bonchev–Trinajstić information content (AvgIpc) is 3.80. The molecule has 62 heavy (non-hydrogen) atoms. The Kier molecular flexibility index (Phi) is 28.6. The first-order valence-electron chi connectivity index (χ1n) is 21.5. The van der Waals surface area contributed by atoms with E-state index in [1.165, 1.54) is 0 Å². The van der Waals surface area contributed by atoms with Gasteiger partial charge in [0.05, 0.1) is 75.7 Å². The van der Waals surface area contributed by atoms with Gasteiger partial charge in [0.1, 0.15) is 5.75 Å². The Hall–Kier alpha value is -2.56. The molecular formula is C42H67N5O11S4. The molecule has 20 heteroatoms. The lowest BCUT2D eigenvalue weighted by molar-refractivity contribution is -0.134. The van der Waals surface area contributed by atoms with Gasteiger partial charge in [0.2, 0.25) is 29.5 Å². The van der Waals surface area contributed by atoms with Gasteiger partial charge < -0.3 is 45.4 Å². The fraction of sp³-hybridized carbons (Fsp3) is 0.714. The van der Waals surface area contributed by atoms with Crippen LogP contribution in [0.1, 0.15) is 68.9 Å². The lowest BCUT2D eigenvalue weighted by atomic mass is 9.91. The molecule has 2 heterocycles. The Balaban J connectivity index is 1.24. The number of esters is 1. The number of imide groups is 1. The van der Waals surface area contributed by atoms with Crippen molar-refractivity contribution in [3.63, 3.8) is 0 Å².